The molecular formula is C35H45N5. The molecule has 210 valence electrons. The Kier molecular flexibility index (Phi) is 13.7. The van der Waals surface area contributed by atoms with E-state index in [4.69, 9.17) is 0 Å². The molecule has 0 bridgehead atoms. The molecule has 40 heavy (non-hydrogen) atoms. The maximum atomic E-state index is 9.71. The Labute approximate surface area is 242 Å². The molecule has 2 aromatic rings. The van der Waals surface area contributed by atoms with E-state index in [0.29, 0.717) is 6.42 Å². The molecule has 0 spiro atoms. The molecule has 0 unspecified atom stereocenters. The number of unbranched alkanes of at least 4 members (excludes halogenated alkanes) is 10. The third-order valence-corrected chi connectivity index (χ3v) is 7.50. The van der Waals surface area contributed by atoms with Gasteiger partial charge in [0, 0.05) is 25.2 Å². The monoisotopic (exact) mass is 535 g/mol. The molecule has 0 saturated carbocycles. The Morgan fingerprint density at radius 3 is 1.52 bits per heavy atom. The molecule has 5 nitrogen and oxygen atoms in total. The van der Waals surface area contributed by atoms with Gasteiger partial charge >= 0.3 is 0 Å². The second-order valence-corrected chi connectivity index (χ2v) is 10.7. The van der Waals surface area contributed by atoms with Crippen molar-refractivity contribution in [2.75, 3.05) is 18.0 Å². The first-order chi connectivity index (χ1) is 19.7. The fourth-order valence-electron chi connectivity index (χ4n) is 5.13. The third kappa shape index (κ3) is 9.80. The van der Waals surface area contributed by atoms with Gasteiger partial charge in [-0.05, 0) is 36.1 Å². The van der Waals surface area contributed by atoms with Gasteiger partial charge in [0.25, 0.3) is 0 Å². The summed E-state index contributed by atoms with van der Waals surface area (Å²) in [5, 5.41) is 19.4. The highest BCUT2D eigenvalue weighted by Gasteiger charge is 2.19. The first kappa shape index (κ1) is 30.8. The van der Waals surface area contributed by atoms with Crippen LogP contribution in [0.15, 0.2) is 76.0 Å². The number of rotatable bonds is 17. The molecule has 0 aromatic heterocycles. The molecule has 0 aliphatic carbocycles. The lowest BCUT2D eigenvalue weighted by atomic mass is 9.99. The largest absolute Gasteiger partial charge is 0.372 e. The highest BCUT2D eigenvalue weighted by atomic mass is 15.1. The summed E-state index contributed by atoms with van der Waals surface area (Å²) in [6.07, 6.45) is 16.0. The van der Waals surface area contributed by atoms with Crippen molar-refractivity contribution in [2.24, 2.45) is 9.98 Å². The van der Waals surface area contributed by atoms with Crippen molar-refractivity contribution < 1.29 is 0 Å². The van der Waals surface area contributed by atoms with Crippen molar-refractivity contribution in [3.8, 4) is 12.1 Å². The van der Waals surface area contributed by atoms with Gasteiger partial charge < -0.3 is 4.90 Å². The van der Waals surface area contributed by atoms with Gasteiger partial charge in [0.1, 0.15) is 12.1 Å². The molecule has 0 fully saturated rings. The molecule has 0 radical (unpaired) electrons. The van der Waals surface area contributed by atoms with Crippen molar-refractivity contribution in [3.63, 3.8) is 0 Å². The Bertz CT molecular complexity index is 1190. The minimum absolute atomic E-state index is 0.0667. The number of nitriles is 2. The van der Waals surface area contributed by atoms with E-state index in [1.54, 1.807) is 0 Å². The first-order valence-corrected chi connectivity index (χ1v) is 15.3. The SMILES string of the molecule is CCCCCCCCN(CCCCCCCC)c1ccc(C2=NC(C#N)=C(C#N)N=C(c3ccccc3)C2)cc1. The lowest BCUT2D eigenvalue weighted by Gasteiger charge is -2.25. The standard InChI is InChI=1S/C35H45N5/c1-3-5-7-9-11-16-24-40(25-17-12-10-8-6-4-2)31-22-20-30(21-23-31)33-26-32(29-18-14-13-15-19-29)38-34(27-36)35(28-37)39-33/h13-15,18-23H,3-12,16-17,24-26H2,1-2H3. The number of anilines is 1. The van der Waals surface area contributed by atoms with E-state index >= 15 is 0 Å². The quantitative estimate of drug-likeness (QED) is 0.189. The number of benzene rings is 2. The van der Waals surface area contributed by atoms with E-state index in [0.717, 1.165) is 35.6 Å². The highest BCUT2D eigenvalue weighted by Crippen LogP contribution is 2.23. The van der Waals surface area contributed by atoms with Crippen LogP contribution in [0.5, 0.6) is 0 Å². The number of allylic oxidation sites excluding steroid dienone is 2. The van der Waals surface area contributed by atoms with E-state index in [1.165, 1.54) is 82.7 Å². The average Bonchev–Trinajstić information content (AvgIpc) is 3.20. The molecule has 0 atom stereocenters. The second-order valence-electron chi connectivity index (χ2n) is 10.7. The second kappa shape index (κ2) is 17.8. The van der Waals surface area contributed by atoms with Crippen molar-refractivity contribution in [1.29, 1.82) is 10.5 Å². The van der Waals surface area contributed by atoms with Gasteiger partial charge in [-0.1, -0.05) is 121 Å². The van der Waals surface area contributed by atoms with E-state index in [1.807, 2.05) is 30.3 Å². The molecule has 2 aromatic carbocycles. The molecule has 1 aliphatic heterocycles. The lowest BCUT2D eigenvalue weighted by molar-refractivity contribution is 0.575. The zero-order chi connectivity index (χ0) is 28.4. The van der Waals surface area contributed by atoms with Crippen LogP contribution in [0.3, 0.4) is 0 Å². The predicted molar refractivity (Wildman–Crippen MR) is 168 cm³/mol. The van der Waals surface area contributed by atoms with E-state index < -0.39 is 0 Å². The Hall–Kier alpha value is -3.70. The predicted octanol–water partition coefficient (Wildman–Crippen LogP) is 9.15. The third-order valence-electron chi connectivity index (χ3n) is 7.50. The average molecular weight is 536 g/mol. The maximum absolute atomic E-state index is 9.71. The Morgan fingerprint density at radius 2 is 1.05 bits per heavy atom. The summed E-state index contributed by atoms with van der Waals surface area (Å²) in [7, 11) is 0. The fourth-order valence-corrected chi connectivity index (χ4v) is 5.13. The first-order valence-electron chi connectivity index (χ1n) is 15.3. The number of aliphatic imine (C=N–C) groups is 2. The van der Waals surface area contributed by atoms with Gasteiger partial charge in [0.2, 0.25) is 0 Å². The maximum Gasteiger partial charge on any atom is 0.177 e. The number of hydrogen-bond donors (Lipinski definition) is 0. The minimum atomic E-state index is 0.0667. The lowest BCUT2D eigenvalue weighted by Crippen LogP contribution is -2.25. The zero-order valence-electron chi connectivity index (χ0n) is 24.5. The van der Waals surface area contributed by atoms with Crippen LogP contribution < -0.4 is 4.90 Å². The molecule has 5 heteroatoms. The fraction of sp³-hybridized carbons (Fsp3) is 0.486. The zero-order valence-corrected chi connectivity index (χ0v) is 24.5. The van der Waals surface area contributed by atoms with Gasteiger partial charge in [0.15, 0.2) is 11.4 Å². The molecular weight excluding hydrogens is 490 g/mol. The van der Waals surface area contributed by atoms with E-state index in [9.17, 15) is 10.5 Å². The molecule has 1 aliphatic rings. The van der Waals surface area contributed by atoms with Crippen molar-refractivity contribution >= 4 is 17.1 Å². The van der Waals surface area contributed by atoms with Crippen LogP contribution in [-0.2, 0) is 0 Å². The number of nitrogens with zero attached hydrogens (tertiary/aromatic N) is 5. The van der Waals surface area contributed by atoms with E-state index in [2.05, 4.69) is 65.1 Å². The normalized spacial score (nSPS) is 13.2. The smallest absolute Gasteiger partial charge is 0.177 e. The molecule has 0 amide bonds. The van der Waals surface area contributed by atoms with Crippen LogP contribution >= 0.6 is 0 Å². The van der Waals surface area contributed by atoms with Crippen molar-refractivity contribution in [3.05, 3.63) is 77.1 Å². The summed E-state index contributed by atoms with van der Waals surface area (Å²) in [5.74, 6) is 0. The minimum Gasteiger partial charge on any atom is -0.372 e. The number of hydrogen-bond acceptors (Lipinski definition) is 5. The highest BCUT2D eigenvalue weighted by molar-refractivity contribution is 6.19. The molecule has 1 heterocycles. The summed E-state index contributed by atoms with van der Waals surface area (Å²) in [5.41, 5.74) is 4.77. The van der Waals surface area contributed by atoms with Gasteiger partial charge in [-0.3, -0.25) is 0 Å². The molecule has 0 N–H and O–H groups in total. The Morgan fingerprint density at radius 1 is 0.600 bits per heavy atom. The van der Waals surface area contributed by atoms with Crippen LogP contribution in [0.2, 0.25) is 0 Å². The summed E-state index contributed by atoms with van der Waals surface area (Å²) in [6.45, 7) is 6.70. The topological polar surface area (TPSA) is 75.5 Å². The van der Waals surface area contributed by atoms with Gasteiger partial charge in [-0.25, -0.2) is 9.98 Å². The molecule has 3 rings (SSSR count). The van der Waals surface area contributed by atoms with Gasteiger partial charge in [-0.2, -0.15) is 10.5 Å². The van der Waals surface area contributed by atoms with Crippen LogP contribution in [-0.4, -0.2) is 24.5 Å². The van der Waals surface area contributed by atoms with Gasteiger partial charge in [-0.15, -0.1) is 0 Å². The van der Waals surface area contributed by atoms with Crippen molar-refractivity contribution in [1.82, 2.24) is 0 Å². The summed E-state index contributed by atoms with van der Waals surface area (Å²) >= 11 is 0. The van der Waals surface area contributed by atoms with Crippen molar-refractivity contribution in [2.45, 2.75) is 97.3 Å². The van der Waals surface area contributed by atoms with Gasteiger partial charge in [0.05, 0.1) is 11.4 Å². The molecule has 0 saturated heterocycles. The van der Waals surface area contributed by atoms with Crippen LogP contribution in [0.4, 0.5) is 5.69 Å². The summed E-state index contributed by atoms with van der Waals surface area (Å²) in [6, 6.07) is 22.6. The van der Waals surface area contributed by atoms with Crippen LogP contribution in [0.25, 0.3) is 0 Å². The van der Waals surface area contributed by atoms with Crippen LogP contribution in [0.1, 0.15) is 108 Å². The Balaban J connectivity index is 1.76. The summed E-state index contributed by atoms with van der Waals surface area (Å²) < 4.78 is 0. The summed E-state index contributed by atoms with van der Waals surface area (Å²) in [4.78, 5) is 11.7. The van der Waals surface area contributed by atoms with E-state index in [-0.39, 0.29) is 11.4 Å². The van der Waals surface area contributed by atoms with Crippen LogP contribution in [0, 0.1) is 22.7 Å².